The van der Waals surface area contributed by atoms with Crippen LogP contribution in [0.3, 0.4) is 0 Å². The van der Waals surface area contributed by atoms with Crippen LogP contribution in [0.5, 0.6) is 0 Å². The Kier molecular flexibility index (Phi) is 3.62. The fourth-order valence-electron chi connectivity index (χ4n) is 3.58. The van der Waals surface area contributed by atoms with Gasteiger partial charge in [-0.25, -0.2) is 4.79 Å². The SMILES string of the molecule is CC(=O)c1c(C)[nH]c(C(=O)CN2C(=O)NC(C)(C3CC3)C2=O)c1C. The molecule has 2 aliphatic rings. The number of carbonyl (C=O) groups excluding carboxylic acids is 4. The highest BCUT2D eigenvalue weighted by atomic mass is 16.2. The number of rotatable bonds is 5. The van der Waals surface area contributed by atoms with Gasteiger partial charge in [-0.15, -0.1) is 0 Å². The molecule has 2 fully saturated rings. The number of hydrogen-bond acceptors (Lipinski definition) is 4. The van der Waals surface area contributed by atoms with E-state index in [2.05, 4.69) is 10.3 Å². The van der Waals surface area contributed by atoms with Crippen LogP contribution in [0, 0.1) is 19.8 Å². The van der Waals surface area contributed by atoms with Gasteiger partial charge in [-0.2, -0.15) is 0 Å². The smallest absolute Gasteiger partial charge is 0.325 e. The van der Waals surface area contributed by atoms with Crippen molar-refractivity contribution >= 4 is 23.5 Å². The monoisotopic (exact) mass is 331 g/mol. The summed E-state index contributed by atoms with van der Waals surface area (Å²) in [5.41, 5.74) is 1.03. The predicted octanol–water partition coefficient (Wildman–Crippen LogP) is 1.74. The molecule has 7 heteroatoms. The van der Waals surface area contributed by atoms with E-state index in [-0.39, 0.29) is 35.6 Å². The number of aromatic nitrogens is 1. The van der Waals surface area contributed by atoms with Gasteiger partial charge in [0.25, 0.3) is 5.91 Å². The van der Waals surface area contributed by atoms with Crippen LogP contribution in [-0.4, -0.2) is 45.5 Å². The number of H-pyrrole nitrogens is 1. The fourth-order valence-corrected chi connectivity index (χ4v) is 3.58. The minimum atomic E-state index is -0.900. The number of ketones is 2. The second kappa shape index (κ2) is 5.29. The lowest BCUT2D eigenvalue weighted by molar-refractivity contribution is -0.131. The van der Waals surface area contributed by atoms with Gasteiger partial charge in [0, 0.05) is 11.3 Å². The van der Waals surface area contributed by atoms with Crippen molar-refractivity contribution in [2.75, 3.05) is 6.54 Å². The Hall–Kier alpha value is -2.44. The number of nitrogens with zero attached hydrogens (tertiary/aromatic N) is 1. The van der Waals surface area contributed by atoms with Gasteiger partial charge in [0.05, 0.1) is 12.2 Å². The van der Waals surface area contributed by atoms with Crippen molar-refractivity contribution in [3.63, 3.8) is 0 Å². The third kappa shape index (κ3) is 2.35. The van der Waals surface area contributed by atoms with Crippen LogP contribution in [0.2, 0.25) is 0 Å². The van der Waals surface area contributed by atoms with Gasteiger partial charge in [-0.3, -0.25) is 19.3 Å². The van der Waals surface area contributed by atoms with E-state index >= 15 is 0 Å². The normalized spacial score (nSPS) is 23.6. The lowest BCUT2D eigenvalue weighted by atomic mass is 9.96. The van der Waals surface area contributed by atoms with Crippen LogP contribution in [-0.2, 0) is 4.79 Å². The molecule has 128 valence electrons. The summed E-state index contributed by atoms with van der Waals surface area (Å²) in [6.45, 7) is 6.24. The molecule has 3 amide bonds. The molecular weight excluding hydrogens is 310 g/mol. The first-order valence-corrected chi connectivity index (χ1v) is 8.04. The molecule has 0 bridgehead atoms. The maximum Gasteiger partial charge on any atom is 0.325 e. The van der Waals surface area contributed by atoms with Gasteiger partial charge in [0.15, 0.2) is 11.6 Å². The molecule has 1 saturated carbocycles. The largest absolute Gasteiger partial charge is 0.355 e. The van der Waals surface area contributed by atoms with Crippen LogP contribution in [0.25, 0.3) is 0 Å². The number of imide groups is 1. The highest BCUT2D eigenvalue weighted by Crippen LogP contribution is 2.42. The van der Waals surface area contributed by atoms with Crippen molar-refractivity contribution in [2.45, 2.75) is 46.1 Å². The van der Waals surface area contributed by atoms with Crippen LogP contribution >= 0.6 is 0 Å². The second-order valence-electron chi connectivity index (χ2n) is 6.90. The summed E-state index contributed by atoms with van der Waals surface area (Å²) < 4.78 is 0. The maximum atomic E-state index is 12.6. The Bertz CT molecular complexity index is 775. The molecule has 1 aliphatic heterocycles. The molecule has 1 aromatic rings. The Balaban J connectivity index is 1.83. The van der Waals surface area contributed by atoms with E-state index in [1.54, 1.807) is 20.8 Å². The molecule has 1 atom stereocenters. The third-order valence-corrected chi connectivity index (χ3v) is 5.07. The molecule has 24 heavy (non-hydrogen) atoms. The van der Waals surface area contributed by atoms with E-state index in [1.807, 2.05) is 0 Å². The Morgan fingerprint density at radius 1 is 1.25 bits per heavy atom. The predicted molar refractivity (Wildman–Crippen MR) is 86.0 cm³/mol. The molecule has 1 aromatic heterocycles. The molecule has 2 heterocycles. The minimum absolute atomic E-state index is 0.128. The maximum absolute atomic E-state index is 12.6. The van der Waals surface area contributed by atoms with Crippen LogP contribution in [0.15, 0.2) is 0 Å². The van der Waals surface area contributed by atoms with Crippen LogP contribution < -0.4 is 5.32 Å². The van der Waals surface area contributed by atoms with E-state index in [9.17, 15) is 19.2 Å². The lowest BCUT2D eigenvalue weighted by Crippen LogP contribution is -2.46. The summed E-state index contributed by atoms with van der Waals surface area (Å²) in [4.78, 5) is 52.9. The number of Topliss-reactive ketones (excluding diaryl/α,β-unsaturated/α-hetero) is 2. The number of carbonyl (C=O) groups is 4. The zero-order valence-corrected chi connectivity index (χ0v) is 14.3. The summed E-state index contributed by atoms with van der Waals surface area (Å²) in [5.74, 6) is -0.716. The molecule has 3 rings (SSSR count). The highest BCUT2D eigenvalue weighted by Gasteiger charge is 2.56. The summed E-state index contributed by atoms with van der Waals surface area (Å²) in [6.07, 6.45) is 1.81. The topological polar surface area (TPSA) is 99.3 Å². The molecule has 1 aliphatic carbocycles. The second-order valence-corrected chi connectivity index (χ2v) is 6.90. The first-order valence-electron chi connectivity index (χ1n) is 8.04. The summed E-state index contributed by atoms with van der Waals surface area (Å²) >= 11 is 0. The van der Waals surface area contributed by atoms with Gasteiger partial charge in [0.1, 0.15) is 5.54 Å². The average Bonchev–Trinajstić information content (AvgIpc) is 3.26. The average molecular weight is 331 g/mol. The summed E-state index contributed by atoms with van der Waals surface area (Å²) in [7, 11) is 0. The first-order chi connectivity index (χ1) is 11.2. The van der Waals surface area contributed by atoms with Crippen molar-refractivity contribution in [1.29, 1.82) is 0 Å². The van der Waals surface area contributed by atoms with Gasteiger partial charge >= 0.3 is 6.03 Å². The van der Waals surface area contributed by atoms with E-state index in [0.29, 0.717) is 16.8 Å². The van der Waals surface area contributed by atoms with E-state index in [0.717, 1.165) is 17.7 Å². The van der Waals surface area contributed by atoms with Crippen molar-refractivity contribution < 1.29 is 19.2 Å². The number of aromatic amines is 1. The Morgan fingerprint density at radius 2 is 1.88 bits per heavy atom. The Morgan fingerprint density at radius 3 is 2.38 bits per heavy atom. The van der Waals surface area contributed by atoms with E-state index < -0.39 is 11.6 Å². The quantitative estimate of drug-likeness (QED) is 0.634. The molecular formula is C17H21N3O4. The molecule has 0 spiro atoms. The number of amides is 3. The van der Waals surface area contributed by atoms with E-state index in [4.69, 9.17) is 0 Å². The van der Waals surface area contributed by atoms with Crippen molar-refractivity contribution in [3.05, 3.63) is 22.5 Å². The van der Waals surface area contributed by atoms with Crippen molar-refractivity contribution in [2.24, 2.45) is 5.92 Å². The zero-order chi connectivity index (χ0) is 17.8. The van der Waals surface area contributed by atoms with Gasteiger partial charge in [-0.1, -0.05) is 0 Å². The summed E-state index contributed by atoms with van der Waals surface area (Å²) in [5, 5.41) is 2.72. The number of nitrogens with one attached hydrogen (secondary N) is 2. The van der Waals surface area contributed by atoms with Gasteiger partial charge in [0.2, 0.25) is 0 Å². The van der Waals surface area contributed by atoms with E-state index in [1.165, 1.54) is 6.92 Å². The highest BCUT2D eigenvalue weighted by molar-refractivity contribution is 6.12. The van der Waals surface area contributed by atoms with Gasteiger partial charge < -0.3 is 10.3 Å². The fraction of sp³-hybridized carbons (Fsp3) is 0.529. The first kappa shape index (κ1) is 16.4. The van der Waals surface area contributed by atoms with Crippen LogP contribution in [0.4, 0.5) is 4.79 Å². The number of urea groups is 1. The molecule has 0 aromatic carbocycles. The lowest BCUT2D eigenvalue weighted by Gasteiger charge is -2.20. The molecule has 1 unspecified atom stereocenters. The standard InChI is InChI=1S/C17H21N3O4/c1-8-13(10(3)21)9(2)18-14(8)12(22)7-20-15(23)17(4,11-5-6-11)19-16(20)24/h11,18H,5-7H2,1-4H3,(H,19,24). The molecule has 7 nitrogen and oxygen atoms in total. The minimum Gasteiger partial charge on any atom is -0.355 e. The third-order valence-electron chi connectivity index (χ3n) is 5.07. The Labute approximate surface area is 139 Å². The van der Waals surface area contributed by atoms with Crippen molar-refractivity contribution in [1.82, 2.24) is 15.2 Å². The number of hydrogen-bond donors (Lipinski definition) is 2. The number of aryl methyl sites for hydroxylation is 1. The van der Waals surface area contributed by atoms with Crippen LogP contribution in [0.1, 0.15) is 58.8 Å². The molecule has 1 saturated heterocycles. The zero-order valence-electron chi connectivity index (χ0n) is 14.3. The molecule has 2 N–H and O–H groups in total. The van der Waals surface area contributed by atoms with Crippen molar-refractivity contribution in [3.8, 4) is 0 Å². The molecule has 0 radical (unpaired) electrons. The van der Waals surface area contributed by atoms with Gasteiger partial charge in [-0.05, 0) is 52.0 Å². The summed E-state index contributed by atoms with van der Waals surface area (Å²) in [6, 6.07) is -0.532.